The van der Waals surface area contributed by atoms with Gasteiger partial charge < -0.3 is 15.5 Å². The Hall–Kier alpha value is -3.66. The molecule has 164 valence electrons. The Bertz CT molecular complexity index is 1330. The first-order valence-corrected chi connectivity index (χ1v) is 10.5. The molecule has 3 aromatic heterocycles. The van der Waals surface area contributed by atoms with Gasteiger partial charge in [-0.05, 0) is 39.0 Å². The van der Waals surface area contributed by atoms with Crippen molar-refractivity contribution in [3.05, 3.63) is 53.9 Å². The van der Waals surface area contributed by atoms with Crippen LogP contribution in [-0.4, -0.2) is 55.9 Å². The van der Waals surface area contributed by atoms with E-state index in [0.717, 1.165) is 24.2 Å². The summed E-state index contributed by atoms with van der Waals surface area (Å²) >= 11 is 0. The Kier molecular flexibility index (Phi) is 4.93. The van der Waals surface area contributed by atoms with Crippen molar-refractivity contribution >= 4 is 33.8 Å². The predicted molar refractivity (Wildman–Crippen MR) is 119 cm³/mol. The number of rotatable bonds is 3. The Morgan fingerprint density at radius 1 is 1.22 bits per heavy atom. The number of halogens is 1. The predicted octanol–water partition coefficient (Wildman–Crippen LogP) is 2.56. The van der Waals surface area contributed by atoms with Crippen molar-refractivity contribution in [3.8, 4) is 0 Å². The highest BCUT2D eigenvalue weighted by Gasteiger charge is 2.24. The fraction of sp³-hybridized carbons (Fsp3) is 0.318. The molecule has 0 aliphatic carbocycles. The summed E-state index contributed by atoms with van der Waals surface area (Å²) in [4.78, 5) is 19.4. The van der Waals surface area contributed by atoms with Gasteiger partial charge in [0, 0.05) is 42.3 Å². The lowest BCUT2D eigenvalue weighted by Gasteiger charge is -2.38. The summed E-state index contributed by atoms with van der Waals surface area (Å²) < 4.78 is 15.7. The number of nitrogens with one attached hydrogen (secondary N) is 2. The molecular formula is C22H23FN8O. The summed E-state index contributed by atoms with van der Waals surface area (Å²) in [5.41, 5.74) is 2.26. The fourth-order valence-corrected chi connectivity index (χ4v) is 4.37. The molecule has 10 heteroatoms. The molecule has 2 N–H and O–H groups in total. The number of pyridine rings is 1. The lowest BCUT2D eigenvalue weighted by molar-refractivity contribution is 0.102. The van der Waals surface area contributed by atoms with Crippen LogP contribution >= 0.6 is 0 Å². The number of anilines is 2. The van der Waals surface area contributed by atoms with Crippen LogP contribution in [0.3, 0.4) is 0 Å². The third-order valence-electron chi connectivity index (χ3n) is 5.55. The van der Waals surface area contributed by atoms with Gasteiger partial charge in [-0.25, -0.2) is 13.9 Å². The van der Waals surface area contributed by atoms with E-state index < -0.39 is 11.7 Å². The van der Waals surface area contributed by atoms with Crippen LogP contribution in [0.2, 0.25) is 0 Å². The molecule has 0 unspecified atom stereocenters. The SMILES string of the molecule is Cc1nc2c(F)cc(NC(=O)c3ccc(N4C[C@H](C)N[C@@H](C)C4)c4ccnnc34)cn2n1. The van der Waals surface area contributed by atoms with Crippen molar-refractivity contribution in [3.63, 3.8) is 0 Å². The minimum Gasteiger partial charge on any atom is -0.368 e. The summed E-state index contributed by atoms with van der Waals surface area (Å²) in [6, 6.07) is 7.47. The molecule has 1 amide bonds. The van der Waals surface area contributed by atoms with Gasteiger partial charge in [-0.1, -0.05) is 0 Å². The second kappa shape index (κ2) is 7.79. The smallest absolute Gasteiger partial charge is 0.257 e. The number of piperazine rings is 1. The van der Waals surface area contributed by atoms with E-state index in [2.05, 4.69) is 49.7 Å². The molecule has 0 spiro atoms. The first-order chi connectivity index (χ1) is 15.4. The van der Waals surface area contributed by atoms with E-state index in [9.17, 15) is 9.18 Å². The minimum atomic E-state index is -0.564. The van der Waals surface area contributed by atoms with E-state index in [-0.39, 0.29) is 11.3 Å². The number of hydrogen-bond donors (Lipinski definition) is 2. The molecule has 1 saturated heterocycles. The number of nitrogens with zero attached hydrogens (tertiary/aromatic N) is 6. The molecule has 1 aliphatic heterocycles. The van der Waals surface area contributed by atoms with Crippen LogP contribution in [-0.2, 0) is 0 Å². The zero-order chi connectivity index (χ0) is 22.4. The highest BCUT2D eigenvalue weighted by atomic mass is 19.1. The van der Waals surface area contributed by atoms with Crippen molar-refractivity contribution in [1.29, 1.82) is 0 Å². The van der Waals surface area contributed by atoms with Crippen molar-refractivity contribution in [1.82, 2.24) is 30.1 Å². The number of benzene rings is 1. The van der Waals surface area contributed by atoms with Gasteiger partial charge in [0.2, 0.25) is 0 Å². The number of hydrogen-bond acceptors (Lipinski definition) is 7. The molecule has 0 saturated carbocycles. The molecule has 1 aromatic carbocycles. The fourth-order valence-electron chi connectivity index (χ4n) is 4.37. The highest BCUT2D eigenvalue weighted by molar-refractivity contribution is 6.13. The molecule has 0 bridgehead atoms. The second-order valence-corrected chi connectivity index (χ2v) is 8.26. The van der Waals surface area contributed by atoms with Gasteiger partial charge in [0.15, 0.2) is 11.5 Å². The first kappa shape index (κ1) is 20.3. The number of carbonyl (C=O) groups excluding carboxylic acids is 1. The number of carbonyl (C=O) groups is 1. The zero-order valence-electron chi connectivity index (χ0n) is 18.0. The van der Waals surface area contributed by atoms with Gasteiger partial charge in [-0.2, -0.15) is 10.2 Å². The van der Waals surface area contributed by atoms with E-state index in [4.69, 9.17) is 0 Å². The van der Waals surface area contributed by atoms with Crippen LogP contribution in [0.1, 0.15) is 30.0 Å². The number of aromatic nitrogens is 5. The van der Waals surface area contributed by atoms with Crippen molar-refractivity contribution in [2.75, 3.05) is 23.3 Å². The minimum absolute atomic E-state index is 0.112. The molecule has 4 aromatic rings. The number of amides is 1. The topological polar surface area (TPSA) is 100 Å². The third-order valence-corrected chi connectivity index (χ3v) is 5.55. The summed E-state index contributed by atoms with van der Waals surface area (Å²) in [6.07, 6.45) is 3.15. The lowest BCUT2D eigenvalue weighted by atomic mass is 10.0. The summed E-state index contributed by atoms with van der Waals surface area (Å²) in [5, 5.41) is 19.5. The Labute approximate surface area is 183 Å². The van der Waals surface area contributed by atoms with Crippen LogP contribution in [0.4, 0.5) is 15.8 Å². The monoisotopic (exact) mass is 434 g/mol. The highest BCUT2D eigenvalue weighted by Crippen LogP contribution is 2.30. The summed E-state index contributed by atoms with van der Waals surface area (Å²) in [5.74, 6) is -0.522. The zero-order valence-corrected chi connectivity index (χ0v) is 18.0. The number of aryl methyl sites for hydroxylation is 1. The van der Waals surface area contributed by atoms with Gasteiger partial charge in [0.1, 0.15) is 11.3 Å². The van der Waals surface area contributed by atoms with Crippen LogP contribution in [0, 0.1) is 12.7 Å². The number of fused-ring (bicyclic) bond motifs is 2. The maximum Gasteiger partial charge on any atom is 0.257 e. The standard InChI is InChI=1S/C22H23FN8O/c1-12-9-30(10-13(2)25-12)19-5-4-17(20-16(19)6-7-24-28-20)22(32)27-15-8-18(23)21-26-14(3)29-31(21)11-15/h4-8,11-13,25H,9-10H2,1-3H3,(H,27,32)/t12-,13-/m0/s1. The Morgan fingerprint density at radius 2 is 2.00 bits per heavy atom. The van der Waals surface area contributed by atoms with Crippen molar-refractivity contribution < 1.29 is 9.18 Å². The van der Waals surface area contributed by atoms with E-state index in [1.54, 1.807) is 19.2 Å². The molecule has 1 aliphatic rings. The van der Waals surface area contributed by atoms with Crippen LogP contribution in [0.25, 0.3) is 16.6 Å². The van der Waals surface area contributed by atoms with Crippen molar-refractivity contribution in [2.24, 2.45) is 0 Å². The molecule has 9 nitrogen and oxygen atoms in total. The Balaban J connectivity index is 1.50. The summed E-state index contributed by atoms with van der Waals surface area (Å²) in [7, 11) is 0. The molecule has 0 radical (unpaired) electrons. The average molecular weight is 434 g/mol. The van der Waals surface area contributed by atoms with Crippen LogP contribution < -0.4 is 15.5 Å². The largest absolute Gasteiger partial charge is 0.368 e. The van der Waals surface area contributed by atoms with Crippen LogP contribution in [0.15, 0.2) is 36.7 Å². The average Bonchev–Trinajstić information content (AvgIpc) is 3.13. The van der Waals surface area contributed by atoms with Gasteiger partial charge in [0.05, 0.1) is 23.6 Å². The quantitative estimate of drug-likeness (QED) is 0.511. The molecular weight excluding hydrogens is 411 g/mol. The molecule has 5 rings (SSSR count). The maximum atomic E-state index is 14.4. The molecule has 2 atom stereocenters. The first-order valence-electron chi connectivity index (χ1n) is 10.5. The molecule has 32 heavy (non-hydrogen) atoms. The molecule has 1 fully saturated rings. The van der Waals surface area contributed by atoms with Crippen LogP contribution in [0.5, 0.6) is 0 Å². The normalized spacial score (nSPS) is 18.9. The van der Waals surface area contributed by atoms with E-state index >= 15 is 0 Å². The van der Waals surface area contributed by atoms with E-state index in [0.29, 0.717) is 29.0 Å². The summed E-state index contributed by atoms with van der Waals surface area (Å²) in [6.45, 7) is 7.68. The van der Waals surface area contributed by atoms with Gasteiger partial charge >= 0.3 is 0 Å². The lowest BCUT2D eigenvalue weighted by Crippen LogP contribution is -2.54. The van der Waals surface area contributed by atoms with Gasteiger partial charge in [-0.3, -0.25) is 4.79 Å². The second-order valence-electron chi connectivity index (χ2n) is 8.26. The molecule has 4 heterocycles. The van der Waals surface area contributed by atoms with Gasteiger partial charge in [-0.15, -0.1) is 5.10 Å². The van der Waals surface area contributed by atoms with E-state index in [1.807, 2.05) is 12.1 Å². The third kappa shape index (κ3) is 3.62. The van der Waals surface area contributed by atoms with E-state index in [1.165, 1.54) is 16.8 Å². The van der Waals surface area contributed by atoms with Crippen molar-refractivity contribution in [2.45, 2.75) is 32.9 Å². The Morgan fingerprint density at radius 3 is 2.78 bits per heavy atom. The maximum absolute atomic E-state index is 14.4. The van der Waals surface area contributed by atoms with Gasteiger partial charge in [0.25, 0.3) is 5.91 Å².